The number of benzene rings is 1. The Morgan fingerprint density at radius 1 is 1.31 bits per heavy atom. The zero-order chi connectivity index (χ0) is 23.3. The molecule has 0 amide bonds. The number of pyridine rings is 1. The van der Waals surface area contributed by atoms with Gasteiger partial charge in [0, 0.05) is 31.0 Å². The van der Waals surface area contributed by atoms with Gasteiger partial charge in [0.25, 0.3) is 0 Å². The molecule has 1 aromatic carbocycles. The normalized spacial score (nSPS) is 25.6. The van der Waals surface area contributed by atoms with E-state index in [0.717, 1.165) is 16.6 Å². The number of rotatable bonds is 4. The summed E-state index contributed by atoms with van der Waals surface area (Å²) < 4.78 is 74.4. The highest BCUT2D eigenvalue weighted by Gasteiger charge is 2.56. The number of sulfonamides is 1. The Morgan fingerprint density at radius 2 is 2.06 bits per heavy atom. The first-order valence-corrected chi connectivity index (χ1v) is 11.0. The molecule has 1 aromatic heterocycles. The summed E-state index contributed by atoms with van der Waals surface area (Å²) in [5.74, 6) is -3.07. The molecule has 2 aromatic rings. The van der Waals surface area contributed by atoms with E-state index in [-0.39, 0.29) is 36.8 Å². The van der Waals surface area contributed by atoms with Gasteiger partial charge in [-0.05, 0) is 24.6 Å². The Bertz CT molecular complexity index is 1200. The molecular formula is C19H20F3N5O4S. The smallest absolute Gasteiger partial charge is 0.242 e. The number of hydrogen-bond acceptors (Lipinski definition) is 8. The van der Waals surface area contributed by atoms with E-state index in [0.29, 0.717) is 6.07 Å². The topological polar surface area (TPSA) is 130 Å². The predicted molar refractivity (Wildman–Crippen MR) is 108 cm³/mol. The van der Waals surface area contributed by atoms with Gasteiger partial charge in [-0.3, -0.25) is 4.98 Å². The second kappa shape index (κ2) is 7.90. The van der Waals surface area contributed by atoms with Gasteiger partial charge in [-0.1, -0.05) is 0 Å². The number of aliphatic imine (C=N–C) groups is 1. The Morgan fingerprint density at radius 3 is 2.78 bits per heavy atom. The van der Waals surface area contributed by atoms with Gasteiger partial charge in [-0.25, -0.2) is 30.9 Å². The van der Waals surface area contributed by atoms with E-state index in [1.807, 2.05) is 0 Å². The lowest BCUT2D eigenvalue weighted by molar-refractivity contribution is 0.0361. The average molecular weight is 471 g/mol. The molecule has 9 nitrogen and oxygen atoms in total. The van der Waals surface area contributed by atoms with Crippen molar-refractivity contribution in [1.82, 2.24) is 9.29 Å². The van der Waals surface area contributed by atoms with Crippen LogP contribution in [0.5, 0.6) is 0 Å². The van der Waals surface area contributed by atoms with E-state index in [2.05, 4.69) is 15.3 Å². The first kappa shape index (κ1) is 22.3. The van der Waals surface area contributed by atoms with Crippen LogP contribution in [0.1, 0.15) is 23.9 Å². The number of nitrogens with zero attached hydrogens (tertiary/aromatic N) is 3. The molecule has 13 heteroatoms. The number of ether oxygens (including phenoxy) is 1. The third-order valence-electron chi connectivity index (χ3n) is 5.59. The number of nitrogens with one attached hydrogen (secondary N) is 1. The van der Waals surface area contributed by atoms with Crippen LogP contribution in [0.2, 0.25) is 0 Å². The number of aliphatic hydroxyl groups is 1. The molecule has 4 rings (SSSR count). The van der Waals surface area contributed by atoms with Gasteiger partial charge < -0.3 is 20.9 Å². The van der Waals surface area contributed by atoms with E-state index in [1.54, 1.807) is 0 Å². The van der Waals surface area contributed by atoms with Crippen LogP contribution >= 0.6 is 0 Å². The molecule has 3 heterocycles. The number of nitrogens with two attached hydrogens (primary N) is 1. The summed E-state index contributed by atoms with van der Waals surface area (Å²) in [6.07, 6.45) is -0.892. The monoisotopic (exact) mass is 471 g/mol. The molecule has 4 N–H and O–H groups in total. The second-order valence-electron chi connectivity index (χ2n) is 7.50. The fourth-order valence-corrected chi connectivity index (χ4v) is 5.77. The maximum Gasteiger partial charge on any atom is 0.242 e. The molecule has 2 aliphatic rings. The molecule has 1 saturated heterocycles. The zero-order valence-electron chi connectivity index (χ0n) is 16.8. The summed E-state index contributed by atoms with van der Waals surface area (Å²) in [6.45, 7) is -0.0921. The van der Waals surface area contributed by atoms with Crippen molar-refractivity contribution in [1.29, 1.82) is 0 Å². The summed E-state index contributed by atoms with van der Waals surface area (Å²) in [4.78, 5) is 7.84. The van der Waals surface area contributed by atoms with Gasteiger partial charge in [0.1, 0.15) is 28.1 Å². The van der Waals surface area contributed by atoms with Crippen molar-refractivity contribution >= 4 is 21.7 Å². The van der Waals surface area contributed by atoms with Crippen LogP contribution in [0.25, 0.3) is 0 Å². The van der Waals surface area contributed by atoms with Crippen molar-refractivity contribution in [3.05, 3.63) is 59.2 Å². The number of anilines is 1. The molecule has 0 radical (unpaired) electrons. The minimum atomic E-state index is -3.96. The summed E-state index contributed by atoms with van der Waals surface area (Å²) in [6, 6.07) is 4.12. The molecule has 0 aliphatic carbocycles. The van der Waals surface area contributed by atoms with Crippen LogP contribution in [0.3, 0.4) is 0 Å². The highest BCUT2D eigenvalue weighted by Crippen LogP contribution is 2.44. The lowest BCUT2D eigenvalue weighted by atomic mass is 9.84. The Balaban J connectivity index is 1.76. The summed E-state index contributed by atoms with van der Waals surface area (Å²) >= 11 is 0. The summed E-state index contributed by atoms with van der Waals surface area (Å²) in [5, 5.41) is 11.7. The molecule has 3 unspecified atom stereocenters. The third-order valence-corrected chi connectivity index (χ3v) is 7.88. The minimum Gasteiger partial charge on any atom is -0.378 e. The molecule has 2 aliphatic heterocycles. The highest BCUT2D eigenvalue weighted by molar-refractivity contribution is 7.90. The standard InChI is InChI=1S/C19H20F3N5O4S/c1-27-18(23)26-19(9-31-5-4-15(19)32(27,29)30)12-7-11(2-3-13(12)21)25-17(28)16-14(22)6-10(20)8-24-16/h2-3,6-8,15,17,25,28H,4-5,9H2,1H3,(H2,23,26). The van der Waals surface area contributed by atoms with Crippen molar-refractivity contribution in [2.75, 3.05) is 25.6 Å². The first-order valence-electron chi connectivity index (χ1n) is 9.52. The molecule has 0 saturated carbocycles. The van der Waals surface area contributed by atoms with Crippen LogP contribution < -0.4 is 11.1 Å². The van der Waals surface area contributed by atoms with E-state index in [4.69, 9.17) is 10.5 Å². The summed E-state index contributed by atoms with van der Waals surface area (Å²) in [5.41, 5.74) is 3.71. The average Bonchev–Trinajstić information content (AvgIpc) is 2.73. The maximum atomic E-state index is 15.0. The third kappa shape index (κ3) is 3.55. The van der Waals surface area contributed by atoms with Gasteiger partial charge in [0.2, 0.25) is 16.0 Å². The summed E-state index contributed by atoms with van der Waals surface area (Å²) in [7, 11) is -2.69. The van der Waals surface area contributed by atoms with Gasteiger partial charge in [0.15, 0.2) is 12.0 Å². The fourth-order valence-electron chi connectivity index (χ4n) is 3.96. The fraction of sp³-hybridized carbons (Fsp3) is 0.368. The zero-order valence-corrected chi connectivity index (χ0v) is 17.6. The molecule has 32 heavy (non-hydrogen) atoms. The van der Waals surface area contributed by atoms with E-state index < -0.39 is 50.2 Å². The number of guanidine groups is 1. The van der Waals surface area contributed by atoms with Crippen LogP contribution in [0, 0.1) is 17.5 Å². The minimum absolute atomic E-state index is 0.0634. The van der Waals surface area contributed by atoms with Crippen LogP contribution in [0.4, 0.5) is 18.9 Å². The number of aliphatic hydroxyl groups excluding tert-OH is 1. The number of halogens is 3. The van der Waals surface area contributed by atoms with E-state index in [1.165, 1.54) is 19.2 Å². The van der Waals surface area contributed by atoms with Gasteiger partial charge in [0.05, 0.1) is 12.8 Å². The predicted octanol–water partition coefficient (Wildman–Crippen LogP) is 1.18. The van der Waals surface area contributed by atoms with Gasteiger partial charge in [-0.15, -0.1) is 0 Å². The lowest BCUT2D eigenvalue weighted by Crippen LogP contribution is -2.61. The van der Waals surface area contributed by atoms with Crippen molar-refractivity contribution in [2.24, 2.45) is 10.7 Å². The number of fused-ring (bicyclic) bond motifs is 1. The lowest BCUT2D eigenvalue weighted by Gasteiger charge is -2.45. The van der Waals surface area contributed by atoms with Crippen LogP contribution in [-0.2, 0) is 20.3 Å². The molecule has 1 fully saturated rings. The number of hydrogen-bond donors (Lipinski definition) is 3. The van der Waals surface area contributed by atoms with E-state index >= 15 is 0 Å². The maximum absolute atomic E-state index is 15.0. The molecule has 172 valence electrons. The van der Waals surface area contributed by atoms with Crippen molar-refractivity contribution in [3.8, 4) is 0 Å². The second-order valence-corrected chi connectivity index (χ2v) is 9.65. The Kier molecular flexibility index (Phi) is 5.51. The Hall–Kier alpha value is -2.90. The molecule has 0 spiro atoms. The van der Waals surface area contributed by atoms with Gasteiger partial charge >= 0.3 is 0 Å². The van der Waals surface area contributed by atoms with E-state index in [9.17, 15) is 26.7 Å². The molecular weight excluding hydrogens is 451 g/mol. The largest absolute Gasteiger partial charge is 0.378 e. The quantitative estimate of drug-likeness (QED) is 0.571. The Labute approximate surface area is 181 Å². The first-order chi connectivity index (χ1) is 15.1. The van der Waals surface area contributed by atoms with Crippen molar-refractivity contribution < 1.29 is 31.4 Å². The SMILES string of the molecule is CN1C(N)=NC2(c3cc(NC(O)c4ncc(F)cc4F)ccc3F)COCCC2S1(=O)=O. The van der Waals surface area contributed by atoms with Crippen molar-refractivity contribution in [2.45, 2.75) is 23.4 Å². The number of aromatic nitrogens is 1. The van der Waals surface area contributed by atoms with Crippen LogP contribution in [-0.4, -0.2) is 54.3 Å². The highest BCUT2D eigenvalue weighted by atomic mass is 32.2. The molecule has 3 atom stereocenters. The van der Waals surface area contributed by atoms with Gasteiger partial charge in [-0.2, -0.15) is 0 Å². The molecule has 0 bridgehead atoms. The van der Waals surface area contributed by atoms with Crippen molar-refractivity contribution in [3.63, 3.8) is 0 Å². The van der Waals surface area contributed by atoms with Crippen LogP contribution in [0.15, 0.2) is 35.5 Å².